The summed E-state index contributed by atoms with van der Waals surface area (Å²) in [6, 6.07) is 0. The van der Waals surface area contributed by atoms with Crippen molar-refractivity contribution in [1.29, 1.82) is 0 Å². The molecule has 96 valence electrons. The highest BCUT2D eigenvalue weighted by atomic mass is 32.2. The van der Waals surface area contributed by atoms with Gasteiger partial charge in [-0.1, -0.05) is 18.6 Å². The third-order valence-electron chi connectivity index (χ3n) is 1.86. The topological polar surface area (TPSA) is 114 Å². The summed E-state index contributed by atoms with van der Waals surface area (Å²) < 4.78 is 26.2. The maximum atomic E-state index is 11.5. The maximum Gasteiger partial charge on any atom is 0.325 e. The zero-order chi connectivity index (χ0) is 12.9. The van der Waals surface area contributed by atoms with Crippen LogP contribution in [0.4, 0.5) is 5.82 Å². The molecule has 0 atom stereocenters. The van der Waals surface area contributed by atoms with Crippen molar-refractivity contribution >= 4 is 21.8 Å². The molecule has 0 spiro atoms. The monoisotopic (exact) mass is 262 g/mol. The molecular formula is C8H14N4O4S. The van der Waals surface area contributed by atoms with Crippen LogP contribution >= 0.6 is 0 Å². The number of aromatic nitrogens is 3. The number of aliphatic carboxylic acids is 1. The van der Waals surface area contributed by atoms with Gasteiger partial charge >= 0.3 is 5.97 Å². The number of carboxylic acids is 1. The Morgan fingerprint density at radius 2 is 2.29 bits per heavy atom. The fourth-order valence-corrected chi connectivity index (χ4v) is 2.29. The molecule has 8 nitrogen and oxygen atoms in total. The minimum Gasteiger partial charge on any atom is -0.480 e. The number of carboxylic acid groups (broad SMARTS) is 1. The summed E-state index contributed by atoms with van der Waals surface area (Å²) in [7, 11) is -3.43. The Kier molecular flexibility index (Phi) is 4.44. The first-order chi connectivity index (χ1) is 7.93. The molecule has 17 heavy (non-hydrogen) atoms. The van der Waals surface area contributed by atoms with E-state index in [-0.39, 0.29) is 18.1 Å². The van der Waals surface area contributed by atoms with E-state index < -0.39 is 16.0 Å². The second-order valence-electron chi connectivity index (χ2n) is 3.47. The summed E-state index contributed by atoms with van der Waals surface area (Å²) in [5.74, 6) is -1.03. The van der Waals surface area contributed by atoms with E-state index in [1.165, 1.54) is 6.20 Å². The molecule has 1 aromatic rings. The smallest absolute Gasteiger partial charge is 0.325 e. The van der Waals surface area contributed by atoms with Gasteiger partial charge in [0.2, 0.25) is 10.0 Å². The van der Waals surface area contributed by atoms with Crippen molar-refractivity contribution in [3.05, 3.63) is 6.20 Å². The molecule has 0 fully saturated rings. The van der Waals surface area contributed by atoms with E-state index in [0.717, 1.165) is 11.1 Å². The first-order valence-electron chi connectivity index (χ1n) is 5.05. The predicted molar refractivity (Wildman–Crippen MR) is 60.0 cm³/mol. The van der Waals surface area contributed by atoms with Gasteiger partial charge in [-0.2, -0.15) is 0 Å². The summed E-state index contributed by atoms with van der Waals surface area (Å²) in [5, 5.41) is 15.5. The lowest BCUT2D eigenvalue weighted by Crippen LogP contribution is -2.16. The minimum absolute atomic E-state index is 0.00922. The number of hydrogen-bond acceptors (Lipinski definition) is 5. The number of nitrogens with one attached hydrogen (secondary N) is 1. The number of carbonyl (C=O) groups is 1. The summed E-state index contributed by atoms with van der Waals surface area (Å²) >= 11 is 0. The second-order valence-corrected chi connectivity index (χ2v) is 5.31. The van der Waals surface area contributed by atoms with Gasteiger partial charge in [0.05, 0.1) is 11.9 Å². The fraction of sp³-hybridized carbons (Fsp3) is 0.625. The molecule has 0 saturated carbocycles. The Hall–Kier alpha value is -1.64. The molecule has 0 unspecified atom stereocenters. The molecule has 1 rings (SSSR count). The van der Waals surface area contributed by atoms with Crippen LogP contribution in [0.1, 0.15) is 19.8 Å². The second kappa shape index (κ2) is 5.62. The first-order valence-corrected chi connectivity index (χ1v) is 6.70. The van der Waals surface area contributed by atoms with Gasteiger partial charge in [0.15, 0.2) is 5.82 Å². The Labute approximate surface area is 98.7 Å². The van der Waals surface area contributed by atoms with Crippen LogP contribution in [-0.2, 0) is 21.4 Å². The number of unbranched alkanes of at least 4 members (excludes halogenated alkanes) is 1. The van der Waals surface area contributed by atoms with E-state index in [9.17, 15) is 13.2 Å². The van der Waals surface area contributed by atoms with E-state index in [0.29, 0.717) is 6.42 Å². The molecule has 0 aliphatic rings. The van der Waals surface area contributed by atoms with E-state index in [1.807, 2.05) is 6.92 Å². The quantitative estimate of drug-likeness (QED) is 0.709. The van der Waals surface area contributed by atoms with Crippen molar-refractivity contribution in [3.8, 4) is 0 Å². The Balaban J connectivity index is 2.62. The van der Waals surface area contributed by atoms with Crippen LogP contribution in [0.2, 0.25) is 0 Å². The van der Waals surface area contributed by atoms with E-state index in [1.54, 1.807) is 0 Å². The van der Waals surface area contributed by atoms with Crippen molar-refractivity contribution in [2.24, 2.45) is 0 Å². The minimum atomic E-state index is -3.43. The normalized spacial score (nSPS) is 11.4. The van der Waals surface area contributed by atoms with E-state index in [4.69, 9.17) is 5.11 Å². The van der Waals surface area contributed by atoms with Crippen molar-refractivity contribution in [3.63, 3.8) is 0 Å². The fourth-order valence-electron chi connectivity index (χ4n) is 1.11. The predicted octanol–water partition coefficient (Wildman–Crippen LogP) is -0.0955. The Morgan fingerprint density at radius 3 is 2.88 bits per heavy atom. The van der Waals surface area contributed by atoms with Gasteiger partial charge in [-0.25, -0.2) is 13.1 Å². The van der Waals surface area contributed by atoms with Crippen LogP contribution in [0.5, 0.6) is 0 Å². The maximum absolute atomic E-state index is 11.5. The number of rotatable bonds is 7. The molecule has 0 bridgehead atoms. The molecule has 0 aliphatic heterocycles. The summed E-state index contributed by atoms with van der Waals surface area (Å²) in [4.78, 5) is 10.4. The molecule has 0 aromatic carbocycles. The average molecular weight is 262 g/mol. The molecule has 0 saturated heterocycles. The lowest BCUT2D eigenvalue weighted by molar-refractivity contribution is -0.137. The zero-order valence-corrected chi connectivity index (χ0v) is 10.1. The van der Waals surface area contributed by atoms with Crippen LogP contribution in [-0.4, -0.2) is 40.2 Å². The van der Waals surface area contributed by atoms with E-state index >= 15 is 0 Å². The molecule has 1 heterocycles. The Bertz CT molecular complexity index is 481. The highest BCUT2D eigenvalue weighted by Crippen LogP contribution is 2.05. The zero-order valence-electron chi connectivity index (χ0n) is 9.33. The molecule has 9 heteroatoms. The summed E-state index contributed by atoms with van der Waals surface area (Å²) in [6.45, 7) is 1.53. The number of sulfonamides is 1. The van der Waals surface area contributed by atoms with Crippen LogP contribution in [0.25, 0.3) is 0 Å². The van der Waals surface area contributed by atoms with Crippen molar-refractivity contribution in [1.82, 2.24) is 15.0 Å². The van der Waals surface area contributed by atoms with Gasteiger partial charge in [-0.15, -0.1) is 5.10 Å². The standard InChI is InChI=1S/C8H14N4O4S/c1-2-3-4-17(15,16)10-7-5-12(11-9-7)6-8(13)14/h5,10H,2-4,6H2,1H3,(H,13,14). The van der Waals surface area contributed by atoms with Crippen molar-refractivity contribution in [2.75, 3.05) is 10.5 Å². The van der Waals surface area contributed by atoms with Gasteiger partial charge in [0.1, 0.15) is 6.54 Å². The van der Waals surface area contributed by atoms with Gasteiger partial charge in [0.25, 0.3) is 0 Å². The van der Waals surface area contributed by atoms with Crippen molar-refractivity contribution < 1.29 is 18.3 Å². The van der Waals surface area contributed by atoms with Gasteiger partial charge in [-0.05, 0) is 6.42 Å². The average Bonchev–Trinajstić information content (AvgIpc) is 2.60. The van der Waals surface area contributed by atoms with Gasteiger partial charge in [-0.3, -0.25) is 9.52 Å². The SMILES string of the molecule is CCCCS(=O)(=O)Nc1cn(CC(=O)O)nn1. The molecule has 0 amide bonds. The molecule has 0 aliphatic carbocycles. The molecular weight excluding hydrogens is 248 g/mol. The first kappa shape index (κ1) is 13.4. The largest absolute Gasteiger partial charge is 0.480 e. The van der Waals surface area contributed by atoms with Crippen LogP contribution in [0, 0.1) is 0 Å². The van der Waals surface area contributed by atoms with Crippen LogP contribution in [0.15, 0.2) is 6.20 Å². The number of anilines is 1. The lowest BCUT2D eigenvalue weighted by Gasteiger charge is -2.02. The lowest BCUT2D eigenvalue weighted by atomic mass is 10.4. The van der Waals surface area contributed by atoms with Gasteiger partial charge < -0.3 is 5.11 Å². The summed E-state index contributed by atoms with van der Waals surface area (Å²) in [5.41, 5.74) is 0. The third-order valence-corrected chi connectivity index (χ3v) is 3.21. The van der Waals surface area contributed by atoms with Crippen LogP contribution < -0.4 is 4.72 Å². The van der Waals surface area contributed by atoms with Gasteiger partial charge in [0, 0.05) is 0 Å². The number of hydrogen-bond donors (Lipinski definition) is 2. The highest BCUT2D eigenvalue weighted by Gasteiger charge is 2.12. The molecule has 0 radical (unpaired) electrons. The summed E-state index contributed by atoms with van der Waals surface area (Å²) in [6.07, 6.45) is 2.56. The highest BCUT2D eigenvalue weighted by molar-refractivity contribution is 7.92. The van der Waals surface area contributed by atoms with E-state index in [2.05, 4.69) is 15.0 Å². The number of nitrogens with zero attached hydrogens (tertiary/aromatic N) is 3. The molecule has 2 N–H and O–H groups in total. The van der Waals surface area contributed by atoms with Crippen molar-refractivity contribution in [2.45, 2.75) is 26.3 Å². The molecule has 1 aromatic heterocycles. The third kappa shape index (κ3) is 4.81. The van der Waals surface area contributed by atoms with Crippen LogP contribution in [0.3, 0.4) is 0 Å². The Morgan fingerprint density at radius 1 is 1.59 bits per heavy atom.